The SMILES string of the molecule is Cc1ccc(OCc2ccc3c(c2)CCN(C)C3)c(-c2cccc(N3CCC(C(=O)O)CC3)n2)c1. The highest BCUT2D eigenvalue weighted by Gasteiger charge is 2.25. The molecule has 0 bridgehead atoms. The quantitative estimate of drug-likeness (QED) is 0.550. The molecule has 182 valence electrons. The first kappa shape index (κ1) is 23.4. The Morgan fingerprint density at radius 3 is 2.69 bits per heavy atom. The first-order chi connectivity index (χ1) is 17.0. The normalized spacial score (nSPS) is 16.7. The Kier molecular flexibility index (Phi) is 6.73. The number of fused-ring (bicyclic) bond motifs is 1. The number of carboxylic acid groups (broad SMARTS) is 1. The van der Waals surface area contributed by atoms with Gasteiger partial charge in [-0.15, -0.1) is 0 Å². The van der Waals surface area contributed by atoms with Gasteiger partial charge >= 0.3 is 5.97 Å². The molecule has 1 fully saturated rings. The largest absolute Gasteiger partial charge is 0.488 e. The Balaban J connectivity index is 1.34. The summed E-state index contributed by atoms with van der Waals surface area (Å²) in [6, 6.07) is 19.0. The molecular weight excluding hydrogens is 438 g/mol. The van der Waals surface area contributed by atoms with Crippen LogP contribution in [-0.4, -0.2) is 47.6 Å². The van der Waals surface area contributed by atoms with Crippen molar-refractivity contribution in [2.45, 2.75) is 39.3 Å². The molecule has 5 rings (SSSR count). The number of carbonyl (C=O) groups is 1. The van der Waals surface area contributed by atoms with Crippen molar-refractivity contribution in [2.75, 3.05) is 31.6 Å². The second-order valence-electron chi connectivity index (χ2n) is 9.86. The van der Waals surface area contributed by atoms with Crippen molar-refractivity contribution < 1.29 is 14.6 Å². The lowest BCUT2D eigenvalue weighted by atomic mass is 9.97. The lowest BCUT2D eigenvalue weighted by Gasteiger charge is -2.31. The van der Waals surface area contributed by atoms with Crippen molar-refractivity contribution >= 4 is 11.8 Å². The lowest BCUT2D eigenvalue weighted by Crippen LogP contribution is -2.36. The van der Waals surface area contributed by atoms with E-state index in [4.69, 9.17) is 9.72 Å². The van der Waals surface area contributed by atoms with Gasteiger partial charge in [-0.25, -0.2) is 4.98 Å². The summed E-state index contributed by atoms with van der Waals surface area (Å²) < 4.78 is 6.34. The van der Waals surface area contributed by atoms with E-state index in [1.165, 1.54) is 16.7 Å². The monoisotopic (exact) mass is 471 g/mol. The van der Waals surface area contributed by atoms with Crippen molar-refractivity contribution in [1.82, 2.24) is 9.88 Å². The van der Waals surface area contributed by atoms with Crippen LogP contribution in [0.4, 0.5) is 5.82 Å². The minimum atomic E-state index is -0.695. The summed E-state index contributed by atoms with van der Waals surface area (Å²) in [5.74, 6) is 0.760. The minimum Gasteiger partial charge on any atom is -0.488 e. The van der Waals surface area contributed by atoms with E-state index in [0.29, 0.717) is 32.5 Å². The molecule has 0 amide bonds. The number of carboxylic acids is 1. The molecule has 6 heteroatoms. The molecular formula is C29H33N3O3. The fraction of sp³-hybridized carbons (Fsp3) is 0.379. The highest BCUT2D eigenvalue weighted by molar-refractivity contribution is 5.71. The van der Waals surface area contributed by atoms with Gasteiger partial charge < -0.3 is 19.6 Å². The number of aromatic nitrogens is 1. The first-order valence-electron chi connectivity index (χ1n) is 12.4. The molecule has 3 aromatic rings. The van der Waals surface area contributed by atoms with Gasteiger partial charge in [0.25, 0.3) is 0 Å². The molecule has 2 aliphatic heterocycles. The van der Waals surface area contributed by atoms with E-state index < -0.39 is 5.97 Å². The second kappa shape index (κ2) is 10.1. The number of benzene rings is 2. The molecule has 0 spiro atoms. The number of piperidine rings is 1. The summed E-state index contributed by atoms with van der Waals surface area (Å²) in [5.41, 5.74) is 7.02. The Morgan fingerprint density at radius 2 is 1.89 bits per heavy atom. The van der Waals surface area contributed by atoms with Crippen LogP contribution < -0.4 is 9.64 Å². The van der Waals surface area contributed by atoms with Gasteiger partial charge in [0.2, 0.25) is 0 Å². The Labute approximate surface area is 207 Å². The number of ether oxygens (including phenoxy) is 1. The molecule has 35 heavy (non-hydrogen) atoms. The molecule has 0 saturated carbocycles. The molecule has 0 radical (unpaired) electrons. The van der Waals surface area contributed by atoms with Crippen LogP contribution in [0.25, 0.3) is 11.3 Å². The van der Waals surface area contributed by atoms with E-state index in [1.54, 1.807) is 0 Å². The number of hydrogen-bond acceptors (Lipinski definition) is 5. The molecule has 1 aromatic heterocycles. The average molecular weight is 472 g/mol. The van der Waals surface area contributed by atoms with Crippen LogP contribution in [0.3, 0.4) is 0 Å². The molecule has 6 nitrogen and oxygen atoms in total. The number of nitrogens with zero attached hydrogens (tertiary/aromatic N) is 3. The highest BCUT2D eigenvalue weighted by atomic mass is 16.5. The van der Waals surface area contributed by atoms with Crippen LogP contribution in [0.15, 0.2) is 54.6 Å². The fourth-order valence-electron chi connectivity index (χ4n) is 5.07. The van der Waals surface area contributed by atoms with E-state index in [-0.39, 0.29) is 5.92 Å². The van der Waals surface area contributed by atoms with Gasteiger partial charge in [-0.3, -0.25) is 4.79 Å². The summed E-state index contributed by atoms with van der Waals surface area (Å²) in [6.45, 7) is 6.11. The predicted octanol–water partition coefficient (Wildman–Crippen LogP) is 4.92. The van der Waals surface area contributed by atoms with Crippen LogP contribution in [0.5, 0.6) is 5.75 Å². The molecule has 0 unspecified atom stereocenters. The van der Waals surface area contributed by atoms with Crippen LogP contribution in [0.2, 0.25) is 0 Å². The maximum Gasteiger partial charge on any atom is 0.306 e. The first-order valence-corrected chi connectivity index (χ1v) is 12.4. The standard InChI is InChI=1S/C29H33N3O3/c1-20-6-9-27(35-19-21-7-8-24-18-31(2)13-10-23(24)17-21)25(16-20)26-4-3-5-28(30-26)32-14-11-22(12-15-32)29(33)34/h3-9,16-17,22H,10-15,18-19H2,1-2H3,(H,33,34). The minimum absolute atomic E-state index is 0.254. The number of hydrogen-bond donors (Lipinski definition) is 1. The van der Waals surface area contributed by atoms with Crippen molar-refractivity contribution in [2.24, 2.45) is 5.92 Å². The second-order valence-corrected chi connectivity index (χ2v) is 9.86. The molecule has 2 aromatic carbocycles. The van der Waals surface area contributed by atoms with E-state index in [9.17, 15) is 9.90 Å². The topological polar surface area (TPSA) is 65.9 Å². The zero-order valence-corrected chi connectivity index (χ0v) is 20.5. The molecule has 0 atom stereocenters. The number of rotatable bonds is 6. The van der Waals surface area contributed by atoms with Gasteiger partial charge in [0.1, 0.15) is 18.2 Å². The number of aliphatic carboxylic acids is 1. The summed E-state index contributed by atoms with van der Waals surface area (Å²) in [5, 5.41) is 9.30. The zero-order valence-electron chi connectivity index (χ0n) is 20.5. The lowest BCUT2D eigenvalue weighted by molar-refractivity contribution is -0.142. The van der Waals surface area contributed by atoms with Gasteiger partial charge in [-0.2, -0.15) is 0 Å². The van der Waals surface area contributed by atoms with Crippen LogP contribution in [-0.2, 0) is 24.4 Å². The smallest absolute Gasteiger partial charge is 0.306 e. The van der Waals surface area contributed by atoms with Crippen LogP contribution in [0, 0.1) is 12.8 Å². The van der Waals surface area contributed by atoms with Crippen molar-refractivity contribution in [1.29, 1.82) is 0 Å². The van der Waals surface area contributed by atoms with Crippen LogP contribution in [0.1, 0.15) is 35.1 Å². The Morgan fingerprint density at radius 1 is 1.06 bits per heavy atom. The van der Waals surface area contributed by atoms with Crippen molar-refractivity contribution in [3.8, 4) is 17.0 Å². The third-order valence-electron chi connectivity index (χ3n) is 7.18. The number of anilines is 1. The summed E-state index contributed by atoms with van der Waals surface area (Å²) >= 11 is 0. The molecule has 0 aliphatic carbocycles. The third kappa shape index (κ3) is 5.33. The van der Waals surface area contributed by atoms with Gasteiger partial charge in [0.05, 0.1) is 11.6 Å². The third-order valence-corrected chi connectivity index (χ3v) is 7.18. The number of aryl methyl sites for hydroxylation is 1. The van der Waals surface area contributed by atoms with E-state index in [2.05, 4.69) is 54.1 Å². The Hall–Kier alpha value is -3.38. The van der Waals surface area contributed by atoms with Crippen molar-refractivity contribution in [3.05, 3.63) is 76.9 Å². The molecule has 1 saturated heterocycles. The maximum atomic E-state index is 11.3. The predicted molar refractivity (Wildman–Crippen MR) is 138 cm³/mol. The van der Waals surface area contributed by atoms with Gasteiger partial charge in [-0.1, -0.05) is 35.9 Å². The summed E-state index contributed by atoms with van der Waals surface area (Å²) in [6.07, 6.45) is 2.38. The summed E-state index contributed by atoms with van der Waals surface area (Å²) in [4.78, 5) is 20.8. The average Bonchev–Trinajstić information content (AvgIpc) is 2.88. The Bertz CT molecular complexity index is 1220. The van der Waals surface area contributed by atoms with Crippen LogP contribution >= 0.6 is 0 Å². The maximum absolute atomic E-state index is 11.3. The molecule has 3 heterocycles. The zero-order chi connectivity index (χ0) is 24.4. The van der Waals surface area contributed by atoms with Gasteiger partial charge in [0, 0.05) is 31.7 Å². The van der Waals surface area contributed by atoms with E-state index in [0.717, 1.165) is 47.9 Å². The highest BCUT2D eigenvalue weighted by Crippen LogP contribution is 2.33. The van der Waals surface area contributed by atoms with Crippen molar-refractivity contribution in [3.63, 3.8) is 0 Å². The van der Waals surface area contributed by atoms with Gasteiger partial charge in [0.15, 0.2) is 0 Å². The number of pyridine rings is 1. The van der Waals surface area contributed by atoms with E-state index in [1.807, 2.05) is 24.3 Å². The number of likely N-dealkylation sites (N-methyl/N-ethyl adjacent to an activating group) is 1. The molecule has 1 N–H and O–H groups in total. The fourth-order valence-corrected chi connectivity index (χ4v) is 5.07. The van der Waals surface area contributed by atoms with Gasteiger partial charge in [-0.05, 0) is 74.2 Å². The molecule has 2 aliphatic rings. The summed E-state index contributed by atoms with van der Waals surface area (Å²) in [7, 11) is 2.17. The van der Waals surface area contributed by atoms with E-state index >= 15 is 0 Å².